The second-order valence-corrected chi connectivity index (χ2v) is 7.51. The molecule has 0 saturated carbocycles. The molecule has 0 N–H and O–H groups in total. The summed E-state index contributed by atoms with van der Waals surface area (Å²) in [6.45, 7) is 7.11. The van der Waals surface area contributed by atoms with Crippen molar-refractivity contribution in [2.24, 2.45) is 5.92 Å². The van der Waals surface area contributed by atoms with Crippen LogP contribution in [0.3, 0.4) is 0 Å². The van der Waals surface area contributed by atoms with Crippen molar-refractivity contribution in [3.05, 3.63) is 0 Å². The predicted molar refractivity (Wildman–Crippen MR) is 73.8 cm³/mol. The van der Waals surface area contributed by atoms with Crippen LogP contribution in [0.2, 0.25) is 0 Å². The second-order valence-electron chi connectivity index (χ2n) is 7.51. The normalized spacial score (nSPS) is 33.0. The molecular formula is C15H32N2+2. The van der Waals surface area contributed by atoms with Crippen LogP contribution in [0.25, 0.3) is 0 Å². The van der Waals surface area contributed by atoms with Crippen LogP contribution in [-0.4, -0.2) is 62.8 Å². The second kappa shape index (κ2) is 5.27. The van der Waals surface area contributed by atoms with Gasteiger partial charge in [-0.3, -0.25) is 0 Å². The van der Waals surface area contributed by atoms with Crippen molar-refractivity contribution < 1.29 is 8.97 Å². The van der Waals surface area contributed by atoms with Crippen LogP contribution in [0.5, 0.6) is 0 Å². The molecule has 2 saturated heterocycles. The van der Waals surface area contributed by atoms with Crippen LogP contribution in [0, 0.1) is 5.92 Å². The fourth-order valence-electron chi connectivity index (χ4n) is 4.10. The van der Waals surface area contributed by atoms with E-state index in [2.05, 4.69) is 21.1 Å². The molecule has 0 aliphatic carbocycles. The Hall–Kier alpha value is -0.0800. The molecule has 0 radical (unpaired) electrons. The maximum Gasteiger partial charge on any atom is 0.0867 e. The topological polar surface area (TPSA) is 0 Å². The zero-order valence-electron chi connectivity index (χ0n) is 12.2. The van der Waals surface area contributed by atoms with Crippen molar-refractivity contribution >= 4 is 0 Å². The Morgan fingerprint density at radius 1 is 0.824 bits per heavy atom. The first kappa shape index (κ1) is 13.4. The van der Waals surface area contributed by atoms with Crippen LogP contribution in [0.4, 0.5) is 0 Å². The van der Waals surface area contributed by atoms with E-state index in [1.165, 1.54) is 80.2 Å². The highest BCUT2D eigenvalue weighted by atomic mass is 15.4. The summed E-state index contributed by atoms with van der Waals surface area (Å²) in [6.07, 6.45) is 8.79. The lowest BCUT2D eigenvalue weighted by Crippen LogP contribution is -2.54. The zero-order chi connectivity index (χ0) is 12.4. The first-order valence-electron chi connectivity index (χ1n) is 7.65. The number of likely N-dealkylation sites (tertiary alicyclic amines) is 2. The van der Waals surface area contributed by atoms with Gasteiger partial charge >= 0.3 is 0 Å². The minimum Gasteiger partial charge on any atom is -0.328 e. The first-order chi connectivity index (χ1) is 7.99. The Labute approximate surface area is 108 Å². The lowest BCUT2D eigenvalue weighted by Gasteiger charge is -2.42. The first-order valence-corrected chi connectivity index (χ1v) is 7.65. The molecule has 0 aromatic carbocycles. The van der Waals surface area contributed by atoms with Crippen LogP contribution in [0.1, 0.15) is 38.5 Å². The van der Waals surface area contributed by atoms with Gasteiger partial charge in [-0.1, -0.05) is 0 Å². The number of piperidine rings is 1. The predicted octanol–water partition coefficient (Wildman–Crippen LogP) is 2.49. The third kappa shape index (κ3) is 3.96. The third-order valence-corrected chi connectivity index (χ3v) is 4.97. The lowest BCUT2D eigenvalue weighted by molar-refractivity contribution is -0.929. The van der Waals surface area contributed by atoms with Gasteiger partial charge in [0.2, 0.25) is 0 Å². The summed E-state index contributed by atoms with van der Waals surface area (Å²) in [4.78, 5) is 0. The van der Waals surface area contributed by atoms with Crippen molar-refractivity contribution in [2.75, 3.05) is 53.9 Å². The van der Waals surface area contributed by atoms with Gasteiger partial charge in [-0.15, -0.1) is 0 Å². The third-order valence-electron chi connectivity index (χ3n) is 4.97. The van der Waals surface area contributed by atoms with E-state index in [0.717, 1.165) is 5.92 Å². The summed E-state index contributed by atoms with van der Waals surface area (Å²) in [5.74, 6) is 0.974. The summed E-state index contributed by atoms with van der Waals surface area (Å²) in [5.41, 5.74) is 0. The molecule has 1 atom stereocenters. The highest BCUT2D eigenvalue weighted by molar-refractivity contribution is 4.64. The van der Waals surface area contributed by atoms with Crippen LogP contribution in [0.15, 0.2) is 0 Å². The van der Waals surface area contributed by atoms with Crippen LogP contribution in [-0.2, 0) is 0 Å². The van der Waals surface area contributed by atoms with E-state index < -0.39 is 0 Å². The molecule has 2 nitrogen and oxygen atoms in total. The summed E-state index contributed by atoms with van der Waals surface area (Å²) in [7, 11) is 7.34. The molecule has 2 fully saturated rings. The van der Waals surface area contributed by atoms with Crippen LogP contribution < -0.4 is 0 Å². The van der Waals surface area contributed by atoms with E-state index in [0.29, 0.717) is 0 Å². The van der Waals surface area contributed by atoms with E-state index in [1.54, 1.807) is 0 Å². The van der Waals surface area contributed by atoms with Crippen molar-refractivity contribution in [2.45, 2.75) is 38.5 Å². The maximum atomic E-state index is 2.51. The summed E-state index contributed by atoms with van der Waals surface area (Å²) in [6, 6.07) is 0. The van der Waals surface area contributed by atoms with Crippen molar-refractivity contribution in [1.29, 1.82) is 0 Å². The monoisotopic (exact) mass is 240 g/mol. The van der Waals surface area contributed by atoms with Gasteiger partial charge in [-0.2, -0.15) is 0 Å². The Balaban J connectivity index is 1.90. The van der Waals surface area contributed by atoms with Gasteiger partial charge in [0.15, 0.2) is 0 Å². The molecule has 2 aliphatic heterocycles. The minimum atomic E-state index is 0.974. The number of hydrogen-bond donors (Lipinski definition) is 0. The van der Waals surface area contributed by atoms with E-state index in [1.807, 2.05) is 0 Å². The maximum absolute atomic E-state index is 2.51. The Morgan fingerprint density at radius 2 is 1.47 bits per heavy atom. The molecule has 0 aromatic rings. The SMILES string of the molecule is C[N+]1(C)CCC[C@H](C[N+]2(C)CCCCCC2)C1. The highest BCUT2D eigenvalue weighted by Gasteiger charge is 2.34. The van der Waals surface area contributed by atoms with E-state index in [-0.39, 0.29) is 0 Å². The molecule has 2 aliphatic rings. The number of quaternary nitrogens is 2. The van der Waals surface area contributed by atoms with E-state index in [4.69, 9.17) is 0 Å². The molecule has 100 valence electrons. The van der Waals surface area contributed by atoms with Crippen molar-refractivity contribution in [3.63, 3.8) is 0 Å². The largest absolute Gasteiger partial charge is 0.328 e. The highest BCUT2D eigenvalue weighted by Crippen LogP contribution is 2.25. The van der Waals surface area contributed by atoms with Gasteiger partial charge in [0.25, 0.3) is 0 Å². The molecule has 0 unspecified atom stereocenters. The molecule has 0 aromatic heterocycles. The summed E-state index contributed by atoms with van der Waals surface area (Å²) < 4.78 is 2.62. The molecule has 17 heavy (non-hydrogen) atoms. The van der Waals surface area contributed by atoms with Gasteiger partial charge in [-0.25, -0.2) is 0 Å². The standard InChI is InChI=1S/C15H32N2/c1-16(2)10-8-9-15(13-16)14-17(3)11-6-4-5-7-12-17/h15H,4-14H2,1-3H3/q+2/t15-/m0/s1. The average molecular weight is 240 g/mol. The zero-order valence-corrected chi connectivity index (χ0v) is 12.2. The smallest absolute Gasteiger partial charge is 0.0867 e. The van der Waals surface area contributed by atoms with E-state index >= 15 is 0 Å². The van der Waals surface area contributed by atoms with Crippen molar-refractivity contribution in [3.8, 4) is 0 Å². The van der Waals surface area contributed by atoms with Crippen molar-refractivity contribution in [1.82, 2.24) is 0 Å². The Morgan fingerprint density at radius 3 is 2.06 bits per heavy atom. The molecule has 0 amide bonds. The summed E-state index contributed by atoms with van der Waals surface area (Å²) in [5, 5.41) is 0. The van der Waals surface area contributed by atoms with Crippen LogP contribution >= 0.6 is 0 Å². The quantitative estimate of drug-likeness (QED) is 0.651. The molecule has 0 spiro atoms. The number of rotatable bonds is 2. The minimum absolute atomic E-state index is 0.974. The molecule has 2 heterocycles. The molecule has 2 rings (SSSR count). The molecule has 2 heteroatoms. The van der Waals surface area contributed by atoms with Gasteiger partial charge in [-0.05, 0) is 38.5 Å². The number of nitrogens with zero attached hydrogens (tertiary/aromatic N) is 2. The average Bonchev–Trinajstić information content (AvgIpc) is 2.41. The van der Waals surface area contributed by atoms with Gasteiger partial charge < -0.3 is 8.97 Å². The van der Waals surface area contributed by atoms with Gasteiger partial charge in [0.1, 0.15) is 0 Å². The summed E-state index contributed by atoms with van der Waals surface area (Å²) >= 11 is 0. The van der Waals surface area contributed by atoms with Gasteiger partial charge in [0.05, 0.1) is 59.8 Å². The van der Waals surface area contributed by atoms with E-state index in [9.17, 15) is 0 Å². The fourth-order valence-corrected chi connectivity index (χ4v) is 4.10. The molecule has 0 bridgehead atoms. The Bertz CT molecular complexity index is 239. The van der Waals surface area contributed by atoms with Gasteiger partial charge in [0, 0.05) is 0 Å². The number of hydrogen-bond acceptors (Lipinski definition) is 0. The Kier molecular flexibility index (Phi) is 4.14. The molecular weight excluding hydrogens is 208 g/mol. The fraction of sp³-hybridized carbons (Fsp3) is 1.00. The lowest BCUT2D eigenvalue weighted by atomic mass is 9.95.